The van der Waals surface area contributed by atoms with Crippen molar-refractivity contribution >= 4 is 10.2 Å². The molecule has 0 aromatic heterocycles. The third-order valence-corrected chi connectivity index (χ3v) is 2.19. The van der Waals surface area contributed by atoms with Gasteiger partial charge in [-0.25, -0.2) is 5.14 Å². The minimum Gasteiger partial charge on any atom is -0.216 e. The van der Waals surface area contributed by atoms with E-state index in [1.54, 1.807) is 0 Å². The molecule has 1 unspecified atom stereocenters. The fourth-order valence-electron chi connectivity index (χ4n) is 0.902. The summed E-state index contributed by atoms with van der Waals surface area (Å²) < 4.78 is 23.5. The van der Waals surface area contributed by atoms with Gasteiger partial charge in [0.05, 0.1) is 0 Å². The average Bonchev–Trinajstić information content (AvgIpc) is 1.80. The molecule has 0 aliphatic heterocycles. The summed E-state index contributed by atoms with van der Waals surface area (Å²) in [6.07, 6.45) is 0.758. The molecular weight excluding hydrogens is 164 g/mol. The second kappa shape index (κ2) is 4.04. The highest BCUT2D eigenvalue weighted by molar-refractivity contribution is 7.87. The monoisotopic (exact) mass is 180 g/mol. The van der Waals surface area contributed by atoms with Crippen LogP contribution in [0.4, 0.5) is 0 Å². The minimum absolute atomic E-state index is 0.0509. The van der Waals surface area contributed by atoms with Crippen LogP contribution >= 0.6 is 0 Å². The highest BCUT2D eigenvalue weighted by Crippen LogP contribution is 2.05. The van der Waals surface area contributed by atoms with Gasteiger partial charge in [0.1, 0.15) is 0 Å². The van der Waals surface area contributed by atoms with E-state index in [0.717, 1.165) is 6.42 Å². The average molecular weight is 180 g/mol. The van der Waals surface area contributed by atoms with Crippen LogP contribution < -0.4 is 9.86 Å². The van der Waals surface area contributed by atoms with E-state index in [4.69, 9.17) is 5.14 Å². The highest BCUT2D eigenvalue weighted by atomic mass is 32.2. The molecule has 0 aromatic carbocycles. The molecule has 3 N–H and O–H groups in total. The van der Waals surface area contributed by atoms with Crippen LogP contribution in [0.25, 0.3) is 0 Å². The number of rotatable bonds is 4. The molecule has 0 rings (SSSR count). The number of nitrogens with two attached hydrogens (primary N) is 1. The maximum Gasteiger partial charge on any atom is 0.274 e. The first-order valence-electron chi connectivity index (χ1n) is 3.67. The summed E-state index contributed by atoms with van der Waals surface area (Å²) in [6, 6.07) is -0.0509. The van der Waals surface area contributed by atoms with Crippen LogP contribution in [0.3, 0.4) is 0 Å². The van der Waals surface area contributed by atoms with Gasteiger partial charge in [0, 0.05) is 6.04 Å². The zero-order chi connectivity index (χ0) is 9.07. The lowest BCUT2D eigenvalue weighted by Crippen LogP contribution is -2.41. The van der Waals surface area contributed by atoms with Gasteiger partial charge in [-0.1, -0.05) is 20.8 Å². The molecule has 0 spiro atoms. The van der Waals surface area contributed by atoms with Crippen LogP contribution in [0.15, 0.2) is 0 Å². The van der Waals surface area contributed by atoms with E-state index in [9.17, 15) is 8.42 Å². The molecule has 0 saturated carbocycles. The van der Waals surface area contributed by atoms with Crippen molar-refractivity contribution in [2.24, 2.45) is 11.1 Å². The van der Waals surface area contributed by atoms with Crippen molar-refractivity contribution in [3.63, 3.8) is 0 Å². The Morgan fingerprint density at radius 1 is 1.45 bits per heavy atom. The van der Waals surface area contributed by atoms with Gasteiger partial charge in [-0.15, -0.1) is 0 Å². The van der Waals surface area contributed by atoms with Gasteiger partial charge in [0.15, 0.2) is 0 Å². The van der Waals surface area contributed by atoms with Gasteiger partial charge < -0.3 is 0 Å². The van der Waals surface area contributed by atoms with Gasteiger partial charge in [0.2, 0.25) is 0 Å². The molecule has 0 aromatic rings. The van der Waals surface area contributed by atoms with E-state index in [1.165, 1.54) is 0 Å². The Morgan fingerprint density at radius 3 is 2.00 bits per heavy atom. The standard InChI is InChI=1S/C6H16N2O2S/c1-4-6(5(2)3)8-11(7,9)10/h5-6,8H,4H2,1-3H3,(H2,7,9,10). The van der Waals surface area contributed by atoms with Gasteiger partial charge >= 0.3 is 0 Å². The lowest BCUT2D eigenvalue weighted by molar-refractivity contribution is 0.437. The second-order valence-electron chi connectivity index (χ2n) is 2.92. The first-order valence-corrected chi connectivity index (χ1v) is 5.21. The van der Waals surface area contributed by atoms with Crippen LogP contribution in [0.5, 0.6) is 0 Å². The molecule has 0 fully saturated rings. The fraction of sp³-hybridized carbons (Fsp3) is 1.00. The van der Waals surface area contributed by atoms with Crippen molar-refractivity contribution < 1.29 is 8.42 Å². The summed E-state index contributed by atoms with van der Waals surface area (Å²) in [5.41, 5.74) is 0. The van der Waals surface area contributed by atoms with E-state index in [-0.39, 0.29) is 12.0 Å². The molecule has 1 atom stereocenters. The normalized spacial score (nSPS) is 15.4. The quantitative estimate of drug-likeness (QED) is 0.649. The van der Waals surface area contributed by atoms with E-state index < -0.39 is 10.2 Å². The van der Waals surface area contributed by atoms with Crippen LogP contribution in [0.1, 0.15) is 27.2 Å². The Morgan fingerprint density at radius 2 is 1.91 bits per heavy atom. The molecule has 5 heteroatoms. The van der Waals surface area contributed by atoms with Gasteiger partial charge in [-0.3, -0.25) is 0 Å². The molecule has 0 aliphatic rings. The SMILES string of the molecule is CCC(NS(N)(=O)=O)C(C)C. The Bertz CT molecular complexity index is 199. The number of nitrogens with one attached hydrogen (secondary N) is 1. The van der Waals surface area contributed by atoms with Crippen molar-refractivity contribution in [1.82, 2.24) is 4.72 Å². The Hall–Kier alpha value is -0.130. The lowest BCUT2D eigenvalue weighted by atomic mass is 10.0. The van der Waals surface area contributed by atoms with Crippen molar-refractivity contribution in [1.29, 1.82) is 0 Å². The van der Waals surface area contributed by atoms with Gasteiger partial charge in [0.25, 0.3) is 10.2 Å². The molecular formula is C6H16N2O2S. The predicted octanol–water partition coefficient (Wildman–Crippen LogP) is 0.214. The predicted molar refractivity (Wildman–Crippen MR) is 45.2 cm³/mol. The smallest absolute Gasteiger partial charge is 0.216 e. The summed E-state index contributed by atoms with van der Waals surface area (Å²) >= 11 is 0. The molecule has 4 nitrogen and oxygen atoms in total. The van der Waals surface area contributed by atoms with Crippen molar-refractivity contribution in [3.05, 3.63) is 0 Å². The first kappa shape index (κ1) is 10.9. The molecule has 0 bridgehead atoms. The molecule has 68 valence electrons. The van der Waals surface area contributed by atoms with E-state index in [0.29, 0.717) is 0 Å². The molecule has 0 amide bonds. The van der Waals surface area contributed by atoms with Crippen LogP contribution in [-0.2, 0) is 10.2 Å². The molecule has 0 radical (unpaired) electrons. The minimum atomic E-state index is -3.53. The van der Waals surface area contributed by atoms with Crippen LogP contribution in [0.2, 0.25) is 0 Å². The molecule has 0 heterocycles. The maximum absolute atomic E-state index is 10.6. The van der Waals surface area contributed by atoms with Crippen molar-refractivity contribution in [3.8, 4) is 0 Å². The third kappa shape index (κ3) is 5.17. The second-order valence-corrected chi connectivity index (χ2v) is 4.25. The van der Waals surface area contributed by atoms with E-state index in [1.807, 2.05) is 20.8 Å². The zero-order valence-electron chi connectivity index (χ0n) is 7.16. The van der Waals surface area contributed by atoms with Crippen LogP contribution in [-0.4, -0.2) is 14.5 Å². The largest absolute Gasteiger partial charge is 0.274 e. The summed E-state index contributed by atoms with van der Waals surface area (Å²) in [5, 5.41) is 4.81. The van der Waals surface area contributed by atoms with E-state index >= 15 is 0 Å². The number of hydrogen-bond donors (Lipinski definition) is 2. The summed E-state index contributed by atoms with van der Waals surface area (Å²) in [6.45, 7) is 5.82. The van der Waals surface area contributed by atoms with E-state index in [2.05, 4.69) is 4.72 Å². The van der Waals surface area contributed by atoms with Crippen molar-refractivity contribution in [2.45, 2.75) is 33.2 Å². The molecule has 11 heavy (non-hydrogen) atoms. The summed E-state index contributed by atoms with van der Waals surface area (Å²) in [7, 11) is -3.53. The topological polar surface area (TPSA) is 72.2 Å². The first-order chi connectivity index (χ1) is 4.87. The molecule has 0 aliphatic carbocycles. The highest BCUT2D eigenvalue weighted by Gasteiger charge is 2.14. The van der Waals surface area contributed by atoms with Gasteiger partial charge in [-0.2, -0.15) is 13.1 Å². The zero-order valence-corrected chi connectivity index (χ0v) is 7.98. The van der Waals surface area contributed by atoms with Crippen molar-refractivity contribution in [2.75, 3.05) is 0 Å². The number of hydrogen-bond acceptors (Lipinski definition) is 2. The summed E-state index contributed by atoms with van der Waals surface area (Å²) in [4.78, 5) is 0. The Kier molecular flexibility index (Phi) is 3.99. The Labute approximate surface area is 68.3 Å². The maximum atomic E-state index is 10.6. The fourth-order valence-corrected chi connectivity index (χ4v) is 1.76. The molecule has 0 saturated heterocycles. The summed E-state index contributed by atoms with van der Waals surface area (Å²) in [5.74, 6) is 0.276. The van der Waals surface area contributed by atoms with Gasteiger partial charge in [-0.05, 0) is 12.3 Å². The third-order valence-electron chi connectivity index (χ3n) is 1.56. The Balaban J connectivity index is 4.10. The van der Waals surface area contributed by atoms with Crippen LogP contribution in [0, 0.1) is 5.92 Å². The lowest BCUT2D eigenvalue weighted by Gasteiger charge is -2.18.